The van der Waals surface area contributed by atoms with Gasteiger partial charge in [0.1, 0.15) is 5.75 Å². The number of hydrogen-bond acceptors (Lipinski definition) is 4. The number of likely N-dealkylation sites (tertiary alicyclic amines) is 1. The van der Waals surface area contributed by atoms with Crippen molar-refractivity contribution in [2.24, 2.45) is 5.14 Å². The van der Waals surface area contributed by atoms with E-state index in [0.717, 1.165) is 0 Å². The Bertz CT molecular complexity index is 634. The zero-order valence-corrected chi connectivity index (χ0v) is 12.4. The van der Waals surface area contributed by atoms with Gasteiger partial charge in [0.25, 0.3) is 5.91 Å². The van der Waals surface area contributed by atoms with Crippen LogP contribution < -0.4 is 9.88 Å². The molecule has 0 bridgehead atoms. The van der Waals surface area contributed by atoms with Crippen molar-refractivity contribution in [3.05, 3.63) is 29.8 Å². The van der Waals surface area contributed by atoms with E-state index in [4.69, 9.17) is 5.14 Å². The van der Waals surface area contributed by atoms with E-state index in [0.29, 0.717) is 19.4 Å². The molecule has 9 heteroatoms. The van der Waals surface area contributed by atoms with Crippen molar-refractivity contribution in [2.45, 2.75) is 25.5 Å². The normalized spacial score (nSPS) is 18.7. The van der Waals surface area contributed by atoms with E-state index in [-0.39, 0.29) is 23.0 Å². The first-order valence-electron chi connectivity index (χ1n) is 6.62. The number of benzene rings is 1. The van der Waals surface area contributed by atoms with Crippen LogP contribution in [0.5, 0.6) is 5.75 Å². The molecule has 1 aliphatic heterocycles. The molecule has 2 N–H and O–H groups in total. The Hall–Kier alpha value is -1.74. The third-order valence-corrected chi connectivity index (χ3v) is 4.24. The molecule has 122 valence electrons. The number of alkyl halides is 2. The molecule has 6 nitrogen and oxygen atoms in total. The lowest BCUT2D eigenvalue weighted by Crippen LogP contribution is -2.41. The molecule has 1 aromatic rings. The number of sulfonamides is 1. The van der Waals surface area contributed by atoms with E-state index in [2.05, 4.69) is 4.74 Å². The number of halogens is 2. The lowest BCUT2D eigenvalue weighted by molar-refractivity contribution is -0.0498. The topological polar surface area (TPSA) is 89.7 Å². The summed E-state index contributed by atoms with van der Waals surface area (Å²) in [5.41, 5.74) is 0.280. The molecule has 1 amide bonds. The molecule has 0 aliphatic carbocycles. The van der Waals surface area contributed by atoms with Gasteiger partial charge in [0.2, 0.25) is 10.0 Å². The van der Waals surface area contributed by atoms with E-state index in [9.17, 15) is 22.0 Å². The van der Waals surface area contributed by atoms with Gasteiger partial charge in [-0.2, -0.15) is 8.78 Å². The number of amides is 1. The highest BCUT2D eigenvalue weighted by atomic mass is 32.2. The van der Waals surface area contributed by atoms with Crippen molar-refractivity contribution in [2.75, 3.05) is 12.3 Å². The molecular formula is C13H16F2N2O4S. The van der Waals surface area contributed by atoms with Crippen LogP contribution in [0.2, 0.25) is 0 Å². The van der Waals surface area contributed by atoms with E-state index >= 15 is 0 Å². The zero-order chi connectivity index (χ0) is 16.3. The maximum atomic E-state index is 12.4. The van der Waals surface area contributed by atoms with Crippen LogP contribution >= 0.6 is 0 Å². The summed E-state index contributed by atoms with van der Waals surface area (Å²) in [7, 11) is -3.67. The van der Waals surface area contributed by atoms with Crippen LogP contribution in [0.15, 0.2) is 24.3 Å². The SMILES string of the molecule is NS(=O)(=O)C[C@H]1CCCN1C(=O)c1ccc(OC(F)F)cc1. The molecule has 1 saturated heterocycles. The van der Waals surface area contributed by atoms with Crippen molar-refractivity contribution in [3.8, 4) is 5.75 Å². The van der Waals surface area contributed by atoms with Gasteiger partial charge in [-0.05, 0) is 37.1 Å². The van der Waals surface area contributed by atoms with Gasteiger partial charge in [-0.3, -0.25) is 4.79 Å². The molecular weight excluding hydrogens is 318 g/mol. The molecule has 1 aromatic carbocycles. The number of nitrogens with two attached hydrogens (primary N) is 1. The van der Waals surface area contributed by atoms with Crippen molar-refractivity contribution < 1.29 is 26.7 Å². The number of ether oxygens (including phenoxy) is 1. The van der Waals surface area contributed by atoms with E-state index < -0.39 is 22.7 Å². The van der Waals surface area contributed by atoms with Crippen LogP contribution in [-0.2, 0) is 10.0 Å². The first-order valence-corrected chi connectivity index (χ1v) is 8.34. The monoisotopic (exact) mass is 334 g/mol. The standard InChI is InChI=1S/C13H16F2N2O4S/c14-13(15)21-11-5-3-9(4-6-11)12(18)17-7-1-2-10(17)8-22(16,19)20/h3-6,10,13H,1-2,7-8H2,(H2,16,19,20)/t10-/m1/s1. The second-order valence-electron chi connectivity index (χ2n) is 5.03. The van der Waals surface area contributed by atoms with Crippen molar-refractivity contribution in [1.82, 2.24) is 4.90 Å². The summed E-state index contributed by atoms with van der Waals surface area (Å²) in [5, 5.41) is 5.03. The van der Waals surface area contributed by atoms with E-state index in [1.807, 2.05) is 0 Å². The number of carbonyl (C=O) groups is 1. The van der Waals surface area contributed by atoms with Gasteiger partial charge in [0.05, 0.1) is 5.75 Å². The minimum absolute atomic E-state index is 0.0472. The minimum atomic E-state index is -3.67. The second kappa shape index (κ2) is 6.57. The highest BCUT2D eigenvalue weighted by Crippen LogP contribution is 2.22. The average molecular weight is 334 g/mol. The molecule has 2 rings (SSSR count). The lowest BCUT2D eigenvalue weighted by atomic mass is 10.1. The minimum Gasteiger partial charge on any atom is -0.435 e. The number of primary sulfonamides is 1. The lowest BCUT2D eigenvalue weighted by Gasteiger charge is -2.24. The van der Waals surface area contributed by atoms with E-state index in [1.165, 1.54) is 29.2 Å². The Morgan fingerprint density at radius 3 is 2.55 bits per heavy atom. The van der Waals surface area contributed by atoms with Crippen LogP contribution in [0.1, 0.15) is 23.2 Å². The van der Waals surface area contributed by atoms with Crippen LogP contribution in [0.3, 0.4) is 0 Å². The molecule has 0 saturated carbocycles. The summed E-state index contributed by atoms with van der Waals surface area (Å²) < 4.78 is 50.7. The fourth-order valence-corrected chi connectivity index (χ4v) is 3.37. The van der Waals surface area contributed by atoms with Crippen LogP contribution in [-0.4, -0.2) is 44.2 Å². The Kier molecular flexibility index (Phi) is 4.97. The fraction of sp³-hybridized carbons (Fsp3) is 0.462. The third kappa shape index (κ3) is 4.38. The van der Waals surface area contributed by atoms with Crippen LogP contribution in [0.25, 0.3) is 0 Å². The molecule has 0 aromatic heterocycles. The summed E-state index contributed by atoms with van der Waals surface area (Å²) in [4.78, 5) is 13.8. The Morgan fingerprint density at radius 2 is 2.00 bits per heavy atom. The summed E-state index contributed by atoms with van der Waals surface area (Å²) in [6.45, 7) is -2.49. The smallest absolute Gasteiger partial charge is 0.387 e. The van der Waals surface area contributed by atoms with Gasteiger partial charge in [0, 0.05) is 18.2 Å². The van der Waals surface area contributed by atoms with Gasteiger partial charge in [-0.1, -0.05) is 0 Å². The first-order chi connectivity index (χ1) is 10.3. The summed E-state index contributed by atoms with van der Waals surface area (Å²) >= 11 is 0. The Labute approximate surface area is 126 Å². The number of carbonyl (C=O) groups excluding carboxylic acids is 1. The number of rotatable bonds is 5. The van der Waals surface area contributed by atoms with Gasteiger partial charge in [-0.15, -0.1) is 0 Å². The van der Waals surface area contributed by atoms with Gasteiger partial charge < -0.3 is 9.64 Å². The molecule has 1 atom stereocenters. The highest BCUT2D eigenvalue weighted by Gasteiger charge is 2.31. The zero-order valence-electron chi connectivity index (χ0n) is 11.6. The average Bonchev–Trinajstić information content (AvgIpc) is 2.84. The Balaban J connectivity index is 2.10. The van der Waals surface area contributed by atoms with Crippen LogP contribution in [0, 0.1) is 0 Å². The van der Waals surface area contributed by atoms with Gasteiger partial charge in [0.15, 0.2) is 0 Å². The molecule has 1 fully saturated rings. The quantitative estimate of drug-likeness (QED) is 0.875. The fourth-order valence-electron chi connectivity index (χ4n) is 2.49. The highest BCUT2D eigenvalue weighted by molar-refractivity contribution is 7.89. The summed E-state index contributed by atoms with van der Waals surface area (Å²) in [5.74, 6) is -0.686. The van der Waals surface area contributed by atoms with Crippen molar-refractivity contribution >= 4 is 15.9 Å². The Morgan fingerprint density at radius 1 is 1.36 bits per heavy atom. The second-order valence-corrected chi connectivity index (χ2v) is 6.69. The van der Waals surface area contributed by atoms with Crippen molar-refractivity contribution in [1.29, 1.82) is 0 Å². The molecule has 0 unspecified atom stereocenters. The predicted molar refractivity (Wildman–Crippen MR) is 75.1 cm³/mol. The van der Waals surface area contributed by atoms with Crippen molar-refractivity contribution in [3.63, 3.8) is 0 Å². The first kappa shape index (κ1) is 16.6. The summed E-state index contributed by atoms with van der Waals surface area (Å²) in [6.07, 6.45) is 1.26. The predicted octanol–water partition coefficient (Wildman–Crippen LogP) is 1.18. The van der Waals surface area contributed by atoms with E-state index in [1.54, 1.807) is 0 Å². The summed E-state index contributed by atoms with van der Waals surface area (Å²) in [6, 6.07) is 4.81. The maximum absolute atomic E-state index is 12.4. The largest absolute Gasteiger partial charge is 0.435 e. The van der Waals surface area contributed by atoms with Crippen LogP contribution in [0.4, 0.5) is 8.78 Å². The molecule has 1 aliphatic rings. The molecule has 1 heterocycles. The third-order valence-electron chi connectivity index (χ3n) is 3.39. The maximum Gasteiger partial charge on any atom is 0.387 e. The molecule has 0 spiro atoms. The number of nitrogens with zero attached hydrogens (tertiary/aromatic N) is 1. The molecule has 0 radical (unpaired) electrons. The van der Waals surface area contributed by atoms with Gasteiger partial charge >= 0.3 is 6.61 Å². The van der Waals surface area contributed by atoms with Gasteiger partial charge in [-0.25, -0.2) is 13.6 Å². The molecule has 22 heavy (non-hydrogen) atoms. The number of hydrogen-bond donors (Lipinski definition) is 1.